The molecule has 0 bridgehead atoms. The largest absolute Gasteiger partial charge is 3.00 e. The van der Waals surface area contributed by atoms with E-state index in [0.29, 0.717) is 23.3 Å². The van der Waals surface area contributed by atoms with Gasteiger partial charge >= 0.3 is 58.4 Å². The molecule has 0 spiro atoms. The zero-order chi connectivity index (χ0) is 40.9. The van der Waals surface area contributed by atoms with Crippen LogP contribution in [0.1, 0.15) is 0 Å². The van der Waals surface area contributed by atoms with E-state index >= 15 is 0 Å². The van der Waals surface area contributed by atoms with Crippen LogP contribution in [0, 0.1) is 0 Å². The third-order valence-electron chi connectivity index (χ3n) is 7.87. The molecule has 0 fully saturated rings. The Morgan fingerprint density at radius 2 is 0.371 bits per heavy atom. The summed E-state index contributed by atoms with van der Waals surface area (Å²) in [4.78, 5) is 58.5. The summed E-state index contributed by atoms with van der Waals surface area (Å²) in [5.74, 6) is 2.22. The molecule has 0 atom stereocenters. The summed E-state index contributed by atoms with van der Waals surface area (Å²) in [6, 6.07) is 42.0. The molecule has 0 aromatic carbocycles. The van der Waals surface area contributed by atoms with Crippen LogP contribution in [-0.4, -0.2) is 69.8 Å². The Bertz CT molecular complexity index is 2410. The number of hydrogen-bond donors (Lipinski definition) is 0. The molecule has 14 nitrogen and oxygen atoms in total. The summed E-state index contributed by atoms with van der Waals surface area (Å²) in [7, 11) is 0. The number of hydrogen-bond acceptors (Lipinski definition) is 14. The van der Waals surface area contributed by atoms with Gasteiger partial charge in [-0.3, -0.25) is 19.9 Å². The number of halogens is 7. The van der Waals surface area contributed by atoms with Gasteiger partial charge in [-0.15, -0.1) is 0 Å². The van der Waals surface area contributed by atoms with Crippen molar-refractivity contribution in [2.45, 2.75) is 0 Å². The molecular formula is C46H34Br3Cl4N14RhRu2. The van der Waals surface area contributed by atoms with Gasteiger partial charge in [-0.1, -0.05) is 36.4 Å². The van der Waals surface area contributed by atoms with Crippen molar-refractivity contribution in [1.29, 1.82) is 0 Å². The Kier molecular flexibility index (Phi) is 42.6. The van der Waals surface area contributed by atoms with Crippen LogP contribution in [0.4, 0.5) is 0 Å². The normalized spacial score (nSPS) is 8.57. The fraction of sp³-hybridized carbons (Fsp3) is 0. The van der Waals surface area contributed by atoms with Gasteiger partial charge in [-0.05, 0) is 97.1 Å². The predicted octanol–water partition coefficient (Wildman–Crippen LogP) is -12.7. The molecule has 0 aliphatic heterocycles. The molecule has 0 N–H and O–H groups in total. The fourth-order valence-electron chi connectivity index (χ4n) is 5.16. The first-order valence-electron chi connectivity index (χ1n) is 18.5. The van der Waals surface area contributed by atoms with E-state index in [2.05, 4.69) is 69.8 Å². The van der Waals surface area contributed by atoms with Crippen molar-refractivity contribution in [3.8, 4) is 68.8 Å². The third-order valence-corrected chi connectivity index (χ3v) is 7.87. The minimum atomic E-state index is 0. The molecule has 0 saturated heterocycles. The second-order valence-corrected chi connectivity index (χ2v) is 12.0. The predicted molar refractivity (Wildman–Crippen MR) is 228 cm³/mol. The number of rotatable bonds is 6. The van der Waals surface area contributed by atoms with E-state index in [1.54, 1.807) is 98.6 Å². The SMILES string of the molecule is [Br-].[Br-].[Br-].[Cl-].[Cl-].[Cl-].[Cl-].[Rh+3].[Ru+2].[Ru+2].c1ccc(-c2cccc(-c3ccccn3)n2)nc1.c1ccc(-c2cccc(-c3ccccn3)n2)nc1.c1cnc(-c2ncccn2)nc1.c1cnc(-c2ncccn2)nc1. The molecular weight excluding hydrogens is 1440 g/mol. The van der Waals surface area contributed by atoms with Crippen molar-refractivity contribution in [2.24, 2.45) is 0 Å². The van der Waals surface area contributed by atoms with Crippen LogP contribution in [0.5, 0.6) is 0 Å². The van der Waals surface area contributed by atoms with E-state index in [0.717, 1.165) is 45.6 Å². The van der Waals surface area contributed by atoms with E-state index in [9.17, 15) is 0 Å². The number of nitrogens with zero attached hydrogens (tertiary/aromatic N) is 14. The monoisotopic (exact) mass is 1470 g/mol. The molecule has 10 heterocycles. The third kappa shape index (κ3) is 23.3. The molecule has 0 unspecified atom stereocenters. The summed E-state index contributed by atoms with van der Waals surface area (Å²) in [6.07, 6.45) is 20.4. The van der Waals surface area contributed by atoms with Gasteiger partial charge < -0.3 is 101 Å². The minimum absolute atomic E-state index is 0. The molecule has 362 valence electrons. The van der Waals surface area contributed by atoms with Gasteiger partial charge in [-0.25, -0.2) is 49.8 Å². The quantitative estimate of drug-likeness (QED) is 0.143. The van der Waals surface area contributed by atoms with Crippen LogP contribution in [-0.2, 0) is 58.4 Å². The summed E-state index contributed by atoms with van der Waals surface area (Å²) in [5.41, 5.74) is 6.92. The zero-order valence-corrected chi connectivity index (χ0v) is 48.5. The first-order chi connectivity index (χ1) is 29.8. The van der Waals surface area contributed by atoms with Gasteiger partial charge in [-0.2, -0.15) is 0 Å². The molecule has 0 aliphatic carbocycles. The van der Waals surface area contributed by atoms with Crippen LogP contribution in [0.3, 0.4) is 0 Å². The first-order valence-corrected chi connectivity index (χ1v) is 18.5. The minimum Gasteiger partial charge on any atom is -1.00 e. The van der Waals surface area contributed by atoms with E-state index in [4.69, 9.17) is 0 Å². The molecule has 24 heteroatoms. The Labute approximate surface area is 500 Å². The summed E-state index contributed by atoms with van der Waals surface area (Å²) < 4.78 is 0. The van der Waals surface area contributed by atoms with Gasteiger partial charge in [0.15, 0.2) is 23.3 Å². The van der Waals surface area contributed by atoms with Crippen molar-refractivity contribution in [3.63, 3.8) is 0 Å². The Morgan fingerprint density at radius 1 is 0.200 bits per heavy atom. The van der Waals surface area contributed by atoms with Crippen molar-refractivity contribution in [3.05, 3.63) is 208 Å². The molecule has 0 saturated carbocycles. The Morgan fingerprint density at radius 3 is 0.543 bits per heavy atom. The smallest absolute Gasteiger partial charge is 1.00 e. The maximum Gasteiger partial charge on any atom is 3.00 e. The van der Waals surface area contributed by atoms with Gasteiger partial charge in [0.05, 0.1) is 45.6 Å². The first kappa shape index (κ1) is 72.2. The number of aromatic nitrogens is 14. The number of pyridine rings is 6. The van der Waals surface area contributed by atoms with E-state index in [-0.39, 0.29) is 159 Å². The van der Waals surface area contributed by atoms with Gasteiger partial charge in [0.1, 0.15) is 0 Å². The van der Waals surface area contributed by atoms with Crippen molar-refractivity contribution in [1.82, 2.24) is 69.8 Å². The standard InChI is InChI=1S/2C15H11N3.2C8H6N4.3BrH.4ClH.Rh.2Ru/c2*1-3-10-16-12(6-1)14-8-5-9-15(18-14)13-7-2-4-11-17-13;2*1-3-9-7(10-4-1)8-11-5-2-6-12-8;;;;;;;;;;/h2*1-11H;2*1-6H;7*1H;;;/q;;;;;;;;;;;+3;2*+2/p-7. The second kappa shape index (κ2) is 41.3. The molecule has 10 rings (SSSR count). The molecule has 10 aromatic rings. The molecule has 0 amide bonds. The molecule has 0 radical (unpaired) electrons. The summed E-state index contributed by atoms with van der Waals surface area (Å²) in [5, 5.41) is 0. The van der Waals surface area contributed by atoms with Crippen LogP contribution in [0.15, 0.2) is 208 Å². The maximum atomic E-state index is 4.59. The van der Waals surface area contributed by atoms with E-state index in [1.165, 1.54) is 0 Å². The topological polar surface area (TPSA) is 180 Å². The Hall–Kier alpha value is -4.31. The van der Waals surface area contributed by atoms with E-state index < -0.39 is 0 Å². The van der Waals surface area contributed by atoms with Crippen LogP contribution >= 0.6 is 0 Å². The zero-order valence-electron chi connectivity index (χ0n) is 35.6. The van der Waals surface area contributed by atoms with Crippen molar-refractivity contribution >= 4 is 0 Å². The van der Waals surface area contributed by atoms with Crippen LogP contribution in [0.2, 0.25) is 0 Å². The summed E-state index contributed by atoms with van der Waals surface area (Å²) >= 11 is 0. The molecule has 0 aliphatic rings. The molecule has 10 aromatic heterocycles. The van der Waals surface area contributed by atoms with Gasteiger partial charge in [0.25, 0.3) is 0 Å². The van der Waals surface area contributed by atoms with E-state index in [1.807, 2.05) is 109 Å². The summed E-state index contributed by atoms with van der Waals surface area (Å²) in [6.45, 7) is 0. The van der Waals surface area contributed by atoms with Gasteiger partial charge in [0.2, 0.25) is 0 Å². The average Bonchev–Trinajstić information content (AvgIpc) is 3.37. The van der Waals surface area contributed by atoms with Crippen molar-refractivity contribution in [2.75, 3.05) is 0 Å². The van der Waals surface area contributed by atoms with Crippen LogP contribution < -0.4 is 101 Å². The van der Waals surface area contributed by atoms with Crippen molar-refractivity contribution < 1.29 is 159 Å². The van der Waals surface area contributed by atoms with Crippen LogP contribution in [0.25, 0.3) is 68.8 Å². The van der Waals surface area contributed by atoms with Gasteiger partial charge in [0, 0.05) is 74.4 Å². The maximum absolute atomic E-state index is 4.59. The fourth-order valence-corrected chi connectivity index (χ4v) is 5.16. The Balaban J connectivity index is -0.000000402. The second-order valence-electron chi connectivity index (χ2n) is 12.0. The average molecular weight is 1470 g/mol. The molecule has 70 heavy (non-hydrogen) atoms.